The van der Waals surface area contributed by atoms with E-state index >= 15 is 0 Å². The number of imide groups is 2. The van der Waals surface area contributed by atoms with Crippen molar-refractivity contribution in [2.24, 2.45) is 0 Å². The number of benzene rings is 2. The van der Waals surface area contributed by atoms with Crippen LogP contribution in [0.3, 0.4) is 0 Å². The minimum absolute atomic E-state index is 0.163. The Morgan fingerprint density at radius 1 is 0.839 bits per heavy atom. The lowest BCUT2D eigenvalue weighted by Crippen LogP contribution is -2.43. The van der Waals surface area contributed by atoms with Gasteiger partial charge in [-0.15, -0.1) is 0 Å². The average Bonchev–Trinajstić information content (AvgIpc) is 3.17. The highest BCUT2D eigenvalue weighted by atomic mass is 19.1. The van der Waals surface area contributed by atoms with Crippen LogP contribution in [0, 0.1) is 5.82 Å². The van der Waals surface area contributed by atoms with Crippen LogP contribution in [0.15, 0.2) is 48.5 Å². The summed E-state index contributed by atoms with van der Waals surface area (Å²) in [5, 5.41) is 2.76. The molecule has 0 spiro atoms. The van der Waals surface area contributed by atoms with E-state index in [0.29, 0.717) is 36.0 Å². The third-order valence-electron chi connectivity index (χ3n) is 5.93. The van der Waals surface area contributed by atoms with E-state index in [4.69, 9.17) is 0 Å². The zero-order chi connectivity index (χ0) is 22.2. The largest absolute Gasteiger partial charge is 0.325 e. The molecule has 0 radical (unpaired) electrons. The van der Waals surface area contributed by atoms with E-state index in [1.807, 2.05) is 0 Å². The molecule has 1 saturated heterocycles. The zero-order valence-corrected chi connectivity index (χ0v) is 17.1. The fourth-order valence-corrected chi connectivity index (χ4v) is 4.19. The first-order chi connectivity index (χ1) is 14.9. The molecule has 31 heavy (non-hydrogen) atoms. The summed E-state index contributed by atoms with van der Waals surface area (Å²) in [5.74, 6) is -1.45. The van der Waals surface area contributed by atoms with Gasteiger partial charge in [0, 0.05) is 13.1 Å². The summed E-state index contributed by atoms with van der Waals surface area (Å²) < 4.78 is 13.3. The molecule has 2 aromatic rings. The summed E-state index contributed by atoms with van der Waals surface area (Å²) >= 11 is 0. The Hall–Kier alpha value is -3.55. The number of rotatable bonds is 7. The van der Waals surface area contributed by atoms with Gasteiger partial charge in [0.25, 0.3) is 17.7 Å². The Labute approximate surface area is 178 Å². The third-order valence-corrected chi connectivity index (χ3v) is 5.93. The number of carbonyl (C=O) groups is 4. The van der Waals surface area contributed by atoms with E-state index in [1.165, 1.54) is 29.2 Å². The minimum atomic E-state index is -1.21. The van der Waals surface area contributed by atoms with Crippen LogP contribution in [-0.4, -0.2) is 46.6 Å². The summed E-state index contributed by atoms with van der Waals surface area (Å²) in [4.78, 5) is 52.8. The first-order valence-corrected chi connectivity index (χ1v) is 10.2. The summed E-state index contributed by atoms with van der Waals surface area (Å²) in [5.41, 5.74) is 0.110. The Bertz CT molecular complexity index is 1030. The van der Waals surface area contributed by atoms with Crippen molar-refractivity contribution < 1.29 is 23.6 Å². The van der Waals surface area contributed by atoms with Crippen molar-refractivity contribution in [3.63, 3.8) is 0 Å². The number of unbranched alkanes of at least 4 members (excludes halogenated alkanes) is 1. The van der Waals surface area contributed by atoms with Gasteiger partial charge in [-0.05, 0) is 49.1 Å². The maximum absolute atomic E-state index is 13.3. The van der Waals surface area contributed by atoms with Crippen LogP contribution in [0.2, 0.25) is 0 Å². The SMILES string of the molecule is CCC1(c2ccc(F)cc2)NC(=O)N(CCCCN2C(=O)c3ccccc3C2=O)C1=O. The molecule has 1 unspecified atom stereocenters. The molecule has 2 aliphatic heterocycles. The molecular weight excluding hydrogens is 401 g/mol. The van der Waals surface area contributed by atoms with E-state index in [2.05, 4.69) is 5.32 Å². The fourth-order valence-electron chi connectivity index (χ4n) is 4.19. The van der Waals surface area contributed by atoms with Gasteiger partial charge in [0.2, 0.25) is 0 Å². The molecule has 0 aromatic heterocycles. The molecule has 160 valence electrons. The molecule has 2 aromatic carbocycles. The number of nitrogens with zero attached hydrogens (tertiary/aromatic N) is 2. The van der Waals surface area contributed by atoms with Crippen LogP contribution in [0.5, 0.6) is 0 Å². The van der Waals surface area contributed by atoms with Gasteiger partial charge in [0.05, 0.1) is 11.1 Å². The molecule has 0 bridgehead atoms. The molecule has 1 fully saturated rings. The second-order valence-corrected chi connectivity index (χ2v) is 7.67. The molecule has 1 N–H and O–H groups in total. The number of halogens is 1. The Kier molecular flexibility index (Phi) is 5.31. The molecule has 2 heterocycles. The molecule has 8 heteroatoms. The van der Waals surface area contributed by atoms with Crippen molar-refractivity contribution >= 4 is 23.8 Å². The molecular formula is C23H22FN3O4. The van der Waals surface area contributed by atoms with Crippen molar-refractivity contribution in [3.05, 3.63) is 71.0 Å². The van der Waals surface area contributed by atoms with Gasteiger partial charge >= 0.3 is 6.03 Å². The van der Waals surface area contributed by atoms with Crippen LogP contribution < -0.4 is 5.32 Å². The van der Waals surface area contributed by atoms with Crippen LogP contribution in [0.4, 0.5) is 9.18 Å². The molecule has 2 aliphatic rings. The normalized spacial score (nSPS) is 20.5. The molecule has 0 saturated carbocycles. The predicted octanol–water partition coefficient (Wildman–Crippen LogP) is 3.06. The predicted molar refractivity (Wildman–Crippen MR) is 110 cm³/mol. The minimum Gasteiger partial charge on any atom is -0.319 e. The van der Waals surface area contributed by atoms with E-state index in [9.17, 15) is 23.6 Å². The summed E-state index contributed by atoms with van der Waals surface area (Å²) in [6.07, 6.45) is 1.22. The van der Waals surface area contributed by atoms with Gasteiger partial charge in [-0.3, -0.25) is 24.2 Å². The van der Waals surface area contributed by atoms with Gasteiger partial charge < -0.3 is 5.32 Å². The van der Waals surface area contributed by atoms with E-state index < -0.39 is 17.4 Å². The number of carbonyl (C=O) groups excluding carboxylic acids is 4. The van der Waals surface area contributed by atoms with Crippen molar-refractivity contribution in [1.82, 2.24) is 15.1 Å². The number of urea groups is 1. The highest BCUT2D eigenvalue weighted by Gasteiger charge is 2.50. The van der Waals surface area contributed by atoms with E-state index in [-0.39, 0.29) is 30.8 Å². The Morgan fingerprint density at radius 3 is 1.94 bits per heavy atom. The van der Waals surface area contributed by atoms with Crippen molar-refractivity contribution in [2.75, 3.05) is 13.1 Å². The van der Waals surface area contributed by atoms with Gasteiger partial charge in [0.15, 0.2) is 0 Å². The smallest absolute Gasteiger partial charge is 0.319 e. The Balaban J connectivity index is 1.38. The monoisotopic (exact) mass is 423 g/mol. The van der Waals surface area contributed by atoms with Crippen LogP contribution in [0.25, 0.3) is 0 Å². The van der Waals surface area contributed by atoms with Gasteiger partial charge in [-0.1, -0.05) is 31.2 Å². The highest BCUT2D eigenvalue weighted by Crippen LogP contribution is 2.32. The van der Waals surface area contributed by atoms with Crippen molar-refractivity contribution in [1.29, 1.82) is 0 Å². The lowest BCUT2D eigenvalue weighted by atomic mass is 9.87. The Morgan fingerprint density at radius 2 is 1.39 bits per heavy atom. The van der Waals surface area contributed by atoms with Gasteiger partial charge in [-0.25, -0.2) is 9.18 Å². The standard InChI is InChI=1S/C23H22FN3O4/c1-2-23(15-9-11-16(24)12-10-15)21(30)27(22(31)25-23)14-6-5-13-26-19(28)17-7-3-4-8-18(17)20(26)29/h3-4,7-12H,2,5-6,13-14H2,1H3,(H,25,31). The topological polar surface area (TPSA) is 86.8 Å². The molecule has 7 nitrogen and oxygen atoms in total. The third kappa shape index (κ3) is 3.37. The van der Waals surface area contributed by atoms with Crippen LogP contribution >= 0.6 is 0 Å². The van der Waals surface area contributed by atoms with Crippen LogP contribution in [-0.2, 0) is 10.3 Å². The van der Waals surface area contributed by atoms with Gasteiger partial charge in [-0.2, -0.15) is 0 Å². The van der Waals surface area contributed by atoms with Crippen molar-refractivity contribution in [3.8, 4) is 0 Å². The van der Waals surface area contributed by atoms with E-state index in [1.54, 1.807) is 31.2 Å². The molecule has 0 aliphatic carbocycles. The second-order valence-electron chi connectivity index (χ2n) is 7.67. The van der Waals surface area contributed by atoms with Crippen LogP contribution in [0.1, 0.15) is 52.5 Å². The second kappa shape index (κ2) is 7.94. The first-order valence-electron chi connectivity index (χ1n) is 10.2. The lowest BCUT2D eigenvalue weighted by Gasteiger charge is -2.25. The molecule has 4 rings (SSSR count). The fraction of sp³-hybridized carbons (Fsp3) is 0.304. The number of hydrogen-bond donors (Lipinski definition) is 1. The maximum atomic E-state index is 13.3. The maximum Gasteiger partial charge on any atom is 0.325 e. The number of hydrogen-bond acceptors (Lipinski definition) is 4. The summed E-state index contributed by atoms with van der Waals surface area (Å²) in [6, 6.07) is 11.7. The molecule has 5 amide bonds. The average molecular weight is 423 g/mol. The zero-order valence-electron chi connectivity index (χ0n) is 17.1. The first kappa shape index (κ1) is 20.7. The highest BCUT2D eigenvalue weighted by molar-refractivity contribution is 6.21. The summed E-state index contributed by atoms with van der Waals surface area (Å²) in [6.45, 7) is 2.16. The quantitative estimate of drug-likeness (QED) is 0.421. The van der Waals surface area contributed by atoms with E-state index in [0.717, 1.165) is 4.90 Å². The summed E-state index contributed by atoms with van der Waals surface area (Å²) in [7, 11) is 0. The number of nitrogens with one attached hydrogen (secondary N) is 1. The number of fused-ring (bicyclic) bond motifs is 1. The number of amides is 5. The lowest BCUT2D eigenvalue weighted by molar-refractivity contribution is -0.131. The van der Waals surface area contributed by atoms with Crippen molar-refractivity contribution in [2.45, 2.75) is 31.7 Å². The molecule has 1 atom stereocenters. The van der Waals surface area contributed by atoms with Gasteiger partial charge in [0.1, 0.15) is 11.4 Å².